The summed E-state index contributed by atoms with van der Waals surface area (Å²) in [5.74, 6) is 5.80. The van der Waals surface area contributed by atoms with Crippen LogP contribution in [0.2, 0.25) is 0 Å². The van der Waals surface area contributed by atoms with Gasteiger partial charge in [-0.05, 0) is 25.5 Å². The molecule has 0 saturated carbocycles. The lowest BCUT2D eigenvalue weighted by Crippen LogP contribution is -2.28. The van der Waals surface area contributed by atoms with Crippen molar-refractivity contribution in [2.45, 2.75) is 19.9 Å². The van der Waals surface area contributed by atoms with Crippen LogP contribution in [0.25, 0.3) is 11.0 Å². The monoisotopic (exact) mass is 266 g/mol. The lowest BCUT2D eigenvalue weighted by atomic mass is 9.96. The summed E-state index contributed by atoms with van der Waals surface area (Å²) in [6, 6.07) is 14.4. The molecule has 1 heterocycles. The highest BCUT2D eigenvalue weighted by Crippen LogP contribution is 2.30. The molecule has 20 heavy (non-hydrogen) atoms. The van der Waals surface area contributed by atoms with Gasteiger partial charge in [-0.1, -0.05) is 47.5 Å². The van der Waals surface area contributed by atoms with E-state index in [9.17, 15) is 0 Å². The molecule has 3 aromatic rings. The average molecular weight is 266 g/mol. The molecule has 3 rings (SSSR count). The number of para-hydroxylation sites is 1. The second-order valence-corrected chi connectivity index (χ2v) is 5.21. The Morgan fingerprint density at radius 2 is 1.75 bits per heavy atom. The molecule has 0 aliphatic rings. The molecule has 0 aliphatic carbocycles. The second kappa shape index (κ2) is 5.12. The molecule has 0 bridgehead atoms. The quantitative estimate of drug-likeness (QED) is 0.562. The van der Waals surface area contributed by atoms with Crippen LogP contribution < -0.4 is 11.3 Å². The molecule has 102 valence electrons. The van der Waals surface area contributed by atoms with Crippen molar-refractivity contribution < 1.29 is 4.42 Å². The van der Waals surface area contributed by atoms with Crippen LogP contribution in [0.15, 0.2) is 53.1 Å². The van der Waals surface area contributed by atoms with E-state index in [2.05, 4.69) is 43.5 Å². The fourth-order valence-corrected chi connectivity index (χ4v) is 2.76. The van der Waals surface area contributed by atoms with Gasteiger partial charge < -0.3 is 4.42 Å². The van der Waals surface area contributed by atoms with Gasteiger partial charge >= 0.3 is 0 Å². The first-order valence-corrected chi connectivity index (χ1v) is 6.69. The Bertz CT molecular complexity index is 725. The zero-order chi connectivity index (χ0) is 14.1. The largest absolute Gasteiger partial charge is 0.464 e. The molecule has 0 radical (unpaired) electrons. The number of nitrogens with one attached hydrogen (secondary N) is 1. The third kappa shape index (κ3) is 2.22. The summed E-state index contributed by atoms with van der Waals surface area (Å²) < 4.78 is 5.62. The Labute approximate surface area is 118 Å². The standard InChI is InChI=1S/C17H18N2O/c1-11-7-12(2)9-13(8-11)17(19-18)15-10-20-16-6-4-3-5-14(15)16/h3-10,17,19H,18H2,1-2H3. The summed E-state index contributed by atoms with van der Waals surface area (Å²) in [5, 5.41) is 1.09. The lowest BCUT2D eigenvalue weighted by Gasteiger charge is -2.16. The number of furan rings is 1. The minimum Gasteiger partial charge on any atom is -0.464 e. The van der Waals surface area contributed by atoms with Gasteiger partial charge in [0.1, 0.15) is 5.58 Å². The van der Waals surface area contributed by atoms with Crippen LogP contribution in [0.3, 0.4) is 0 Å². The van der Waals surface area contributed by atoms with Gasteiger partial charge in [-0.3, -0.25) is 5.84 Å². The van der Waals surface area contributed by atoms with Crippen molar-refractivity contribution in [3.63, 3.8) is 0 Å². The van der Waals surface area contributed by atoms with Crippen LogP contribution in [-0.2, 0) is 0 Å². The molecule has 1 unspecified atom stereocenters. The van der Waals surface area contributed by atoms with Crippen molar-refractivity contribution in [1.82, 2.24) is 5.43 Å². The fraction of sp³-hybridized carbons (Fsp3) is 0.176. The first-order chi connectivity index (χ1) is 9.69. The maximum Gasteiger partial charge on any atom is 0.134 e. The Hall–Kier alpha value is -2.10. The van der Waals surface area contributed by atoms with Crippen molar-refractivity contribution >= 4 is 11.0 Å². The molecule has 1 atom stereocenters. The van der Waals surface area contributed by atoms with Crippen molar-refractivity contribution in [3.8, 4) is 0 Å². The molecule has 3 heteroatoms. The highest BCUT2D eigenvalue weighted by Gasteiger charge is 2.18. The molecular formula is C17H18N2O. The lowest BCUT2D eigenvalue weighted by molar-refractivity contribution is 0.585. The van der Waals surface area contributed by atoms with Gasteiger partial charge in [-0.2, -0.15) is 0 Å². The van der Waals surface area contributed by atoms with E-state index in [1.165, 1.54) is 11.1 Å². The minimum absolute atomic E-state index is 0.0720. The van der Waals surface area contributed by atoms with Crippen LogP contribution in [0, 0.1) is 13.8 Å². The Balaban J connectivity index is 2.14. The summed E-state index contributed by atoms with van der Waals surface area (Å²) in [4.78, 5) is 0. The molecule has 3 N–H and O–H groups in total. The smallest absolute Gasteiger partial charge is 0.134 e. The van der Waals surface area contributed by atoms with Crippen molar-refractivity contribution in [3.05, 3.63) is 71.0 Å². The Morgan fingerprint density at radius 1 is 1.05 bits per heavy atom. The van der Waals surface area contributed by atoms with Gasteiger partial charge in [0.05, 0.1) is 12.3 Å². The molecule has 0 aliphatic heterocycles. The molecule has 1 aromatic heterocycles. The minimum atomic E-state index is -0.0720. The van der Waals surface area contributed by atoms with Gasteiger partial charge in [0, 0.05) is 10.9 Å². The Kier molecular flexibility index (Phi) is 3.30. The predicted octanol–water partition coefficient (Wildman–Crippen LogP) is 3.60. The molecule has 2 aromatic carbocycles. The summed E-state index contributed by atoms with van der Waals surface area (Å²) in [6.45, 7) is 4.19. The van der Waals surface area contributed by atoms with Gasteiger partial charge in [0.2, 0.25) is 0 Å². The van der Waals surface area contributed by atoms with Gasteiger partial charge in [-0.25, -0.2) is 5.43 Å². The van der Waals surface area contributed by atoms with E-state index in [4.69, 9.17) is 10.3 Å². The van der Waals surface area contributed by atoms with E-state index < -0.39 is 0 Å². The number of hydrogen-bond acceptors (Lipinski definition) is 3. The second-order valence-electron chi connectivity index (χ2n) is 5.21. The summed E-state index contributed by atoms with van der Waals surface area (Å²) in [6.07, 6.45) is 1.78. The third-order valence-corrected chi connectivity index (χ3v) is 3.57. The van der Waals surface area contributed by atoms with Gasteiger partial charge in [-0.15, -0.1) is 0 Å². The number of hydrazine groups is 1. The van der Waals surface area contributed by atoms with E-state index in [1.54, 1.807) is 6.26 Å². The molecule has 0 saturated heterocycles. The average Bonchev–Trinajstić information content (AvgIpc) is 2.83. The van der Waals surface area contributed by atoms with Crippen molar-refractivity contribution in [1.29, 1.82) is 0 Å². The molecule has 0 amide bonds. The summed E-state index contributed by atoms with van der Waals surface area (Å²) >= 11 is 0. The number of rotatable bonds is 3. The predicted molar refractivity (Wildman–Crippen MR) is 81.3 cm³/mol. The molecule has 0 fully saturated rings. The summed E-state index contributed by atoms with van der Waals surface area (Å²) in [5.41, 5.74) is 8.46. The topological polar surface area (TPSA) is 51.2 Å². The zero-order valence-electron chi connectivity index (χ0n) is 11.7. The van der Waals surface area contributed by atoms with Crippen LogP contribution >= 0.6 is 0 Å². The van der Waals surface area contributed by atoms with E-state index in [-0.39, 0.29) is 6.04 Å². The normalized spacial score (nSPS) is 12.8. The number of nitrogens with two attached hydrogens (primary N) is 1. The van der Waals surface area contributed by atoms with Crippen LogP contribution in [0.4, 0.5) is 0 Å². The highest BCUT2D eigenvalue weighted by atomic mass is 16.3. The van der Waals surface area contributed by atoms with Crippen molar-refractivity contribution in [2.24, 2.45) is 5.84 Å². The number of benzene rings is 2. The first-order valence-electron chi connectivity index (χ1n) is 6.69. The number of fused-ring (bicyclic) bond motifs is 1. The Morgan fingerprint density at radius 3 is 2.45 bits per heavy atom. The van der Waals surface area contributed by atoms with E-state index >= 15 is 0 Å². The zero-order valence-corrected chi connectivity index (χ0v) is 11.7. The third-order valence-electron chi connectivity index (χ3n) is 3.57. The van der Waals surface area contributed by atoms with Gasteiger partial charge in [0.15, 0.2) is 0 Å². The van der Waals surface area contributed by atoms with E-state index in [0.29, 0.717) is 0 Å². The fourth-order valence-electron chi connectivity index (χ4n) is 2.76. The van der Waals surface area contributed by atoms with E-state index in [1.807, 2.05) is 18.2 Å². The van der Waals surface area contributed by atoms with Crippen LogP contribution in [0.1, 0.15) is 28.3 Å². The highest BCUT2D eigenvalue weighted by molar-refractivity contribution is 5.81. The number of hydrogen-bond donors (Lipinski definition) is 2. The number of aryl methyl sites for hydroxylation is 2. The molecule has 3 nitrogen and oxygen atoms in total. The molecule has 0 spiro atoms. The van der Waals surface area contributed by atoms with Crippen LogP contribution in [0.5, 0.6) is 0 Å². The van der Waals surface area contributed by atoms with Crippen molar-refractivity contribution in [2.75, 3.05) is 0 Å². The SMILES string of the molecule is Cc1cc(C)cc(C(NN)c2coc3ccccc23)c1. The first kappa shape index (κ1) is 12.9. The maximum atomic E-state index is 5.80. The van der Waals surface area contributed by atoms with Gasteiger partial charge in [0.25, 0.3) is 0 Å². The summed E-state index contributed by atoms with van der Waals surface area (Å²) in [7, 11) is 0. The van der Waals surface area contributed by atoms with E-state index in [0.717, 1.165) is 22.1 Å². The maximum absolute atomic E-state index is 5.80. The molecular weight excluding hydrogens is 248 g/mol. The van der Waals surface area contributed by atoms with Crippen LogP contribution in [-0.4, -0.2) is 0 Å².